The highest BCUT2D eigenvalue weighted by Crippen LogP contribution is 2.25. The molecule has 31 heavy (non-hydrogen) atoms. The van der Waals surface area contributed by atoms with E-state index in [9.17, 15) is 8.42 Å². The maximum absolute atomic E-state index is 12.6. The summed E-state index contributed by atoms with van der Waals surface area (Å²) in [5.41, 5.74) is 2.78. The molecule has 0 amide bonds. The first-order valence-corrected chi connectivity index (χ1v) is 11.5. The second kappa shape index (κ2) is 8.73. The van der Waals surface area contributed by atoms with Gasteiger partial charge in [-0.2, -0.15) is 10.1 Å². The molecule has 0 unspecified atom stereocenters. The van der Waals surface area contributed by atoms with Gasteiger partial charge in [0.1, 0.15) is 5.75 Å². The van der Waals surface area contributed by atoms with Crippen molar-refractivity contribution >= 4 is 9.84 Å². The van der Waals surface area contributed by atoms with Crippen LogP contribution in [0.25, 0.3) is 22.6 Å². The van der Waals surface area contributed by atoms with Crippen LogP contribution >= 0.6 is 0 Å². The zero-order valence-corrected chi connectivity index (χ0v) is 18.0. The molecule has 2 heterocycles. The SMILES string of the molecule is CCn1nccc1-c1cccc(-c2noc(CCS(=O)(=O)c3ccc(OC)cc3)n2)c1. The van der Waals surface area contributed by atoms with Gasteiger partial charge in [-0.05, 0) is 43.3 Å². The van der Waals surface area contributed by atoms with E-state index in [1.807, 2.05) is 41.9 Å². The minimum absolute atomic E-state index is 0.128. The van der Waals surface area contributed by atoms with Crippen molar-refractivity contribution in [1.82, 2.24) is 19.9 Å². The van der Waals surface area contributed by atoms with Crippen molar-refractivity contribution < 1.29 is 17.7 Å². The monoisotopic (exact) mass is 438 g/mol. The molecule has 0 aliphatic rings. The molecule has 0 N–H and O–H groups in total. The van der Waals surface area contributed by atoms with Crippen molar-refractivity contribution in [1.29, 1.82) is 0 Å². The van der Waals surface area contributed by atoms with Crippen LogP contribution in [0.2, 0.25) is 0 Å². The third kappa shape index (κ3) is 4.51. The van der Waals surface area contributed by atoms with Gasteiger partial charge in [0.25, 0.3) is 0 Å². The molecule has 2 aromatic carbocycles. The molecule has 0 radical (unpaired) electrons. The van der Waals surface area contributed by atoms with Gasteiger partial charge in [-0.25, -0.2) is 8.42 Å². The van der Waals surface area contributed by atoms with E-state index in [0.717, 1.165) is 23.4 Å². The molecule has 0 saturated heterocycles. The first-order chi connectivity index (χ1) is 15.0. The summed E-state index contributed by atoms with van der Waals surface area (Å²) in [6.07, 6.45) is 1.89. The Morgan fingerprint density at radius 2 is 1.84 bits per heavy atom. The topological polar surface area (TPSA) is 100 Å². The summed E-state index contributed by atoms with van der Waals surface area (Å²) in [5, 5.41) is 8.33. The van der Waals surface area contributed by atoms with Crippen LogP contribution in [-0.2, 0) is 22.8 Å². The Labute approximate surface area is 180 Å². The van der Waals surface area contributed by atoms with E-state index >= 15 is 0 Å². The average molecular weight is 439 g/mol. The molecule has 0 aliphatic heterocycles. The van der Waals surface area contributed by atoms with Crippen LogP contribution < -0.4 is 4.74 Å². The second-order valence-electron chi connectivity index (χ2n) is 6.87. The first kappa shape index (κ1) is 20.8. The van der Waals surface area contributed by atoms with Crippen LogP contribution in [0.15, 0.2) is 70.2 Å². The molecular weight excluding hydrogens is 416 g/mol. The molecular formula is C22H22N4O4S. The molecule has 0 spiro atoms. The van der Waals surface area contributed by atoms with Gasteiger partial charge in [-0.3, -0.25) is 4.68 Å². The van der Waals surface area contributed by atoms with Gasteiger partial charge in [0.2, 0.25) is 11.7 Å². The minimum atomic E-state index is -3.48. The predicted molar refractivity (Wildman–Crippen MR) is 115 cm³/mol. The Morgan fingerprint density at radius 3 is 2.58 bits per heavy atom. The third-order valence-electron chi connectivity index (χ3n) is 4.90. The average Bonchev–Trinajstić information content (AvgIpc) is 3.47. The third-order valence-corrected chi connectivity index (χ3v) is 6.64. The fraction of sp³-hybridized carbons (Fsp3) is 0.227. The lowest BCUT2D eigenvalue weighted by Gasteiger charge is -2.05. The lowest BCUT2D eigenvalue weighted by atomic mass is 10.1. The normalized spacial score (nSPS) is 11.5. The van der Waals surface area contributed by atoms with Gasteiger partial charge in [0, 0.05) is 30.3 Å². The quantitative estimate of drug-likeness (QED) is 0.414. The highest BCUT2D eigenvalue weighted by molar-refractivity contribution is 7.91. The number of ether oxygens (including phenoxy) is 1. The number of rotatable bonds is 8. The van der Waals surface area contributed by atoms with E-state index < -0.39 is 9.84 Å². The van der Waals surface area contributed by atoms with E-state index in [0.29, 0.717) is 11.6 Å². The summed E-state index contributed by atoms with van der Waals surface area (Å²) >= 11 is 0. The smallest absolute Gasteiger partial charge is 0.227 e. The molecule has 9 heteroatoms. The van der Waals surface area contributed by atoms with Gasteiger partial charge >= 0.3 is 0 Å². The second-order valence-corrected chi connectivity index (χ2v) is 8.98. The maximum atomic E-state index is 12.6. The molecule has 0 saturated carbocycles. The van der Waals surface area contributed by atoms with Crippen molar-refractivity contribution in [3.63, 3.8) is 0 Å². The molecule has 0 bridgehead atoms. The summed E-state index contributed by atoms with van der Waals surface area (Å²) < 4.78 is 37.4. The van der Waals surface area contributed by atoms with Gasteiger partial charge < -0.3 is 9.26 Å². The van der Waals surface area contributed by atoms with Crippen LogP contribution in [0.4, 0.5) is 0 Å². The molecule has 0 aliphatic carbocycles. The number of aromatic nitrogens is 4. The van der Waals surface area contributed by atoms with Crippen molar-refractivity contribution in [2.24, 2.45) is 0 Å². The van der Waals surface area contributed by atoms with Crippen molar-refractivity contribution in [2.75, 3.05) is 12.9 Å². The molecule has 4 rings (SSSR count). The summed E-state index contributed by atoms with van der Waals surface area (Å²) in [4.78, 5) is 4.61. The summed E-state index contributed by atoms with van der Waals surface area (Å²) in [6.45, 7) is 2.80. The minimum Gasteiger partial charge on any atom is -0.497 e. The van der Waals surface area contributed by atoms with Crippen molar-refractivity contribution in [2.45, 2.75) is 24.8 Å². The van der Waals surface area contributed by atoms with Crippen LogP contribution in [0, 0.1) is 0 Å². The van der Waals surface area contributed by atoms with Crippen LogP contribution in [0.3, 0.4) is 0 Å². The summed E-state index contributed by atoms with van der Waals surface area (Å²) in [5.74, 6) is 1.17. The Balaban J connectivity index is 1.49. The van der Waals surface area contributed by atoms with Gasteiger partial charge in [0.05, 0.1) is 23.5 Å². The Bertz CT molecular complexity index is 1280. The van der Waals surface area contributed by atoms with Gasteiger partial charge in [-0.15, -0.1) is 0 Å². The number of benzene rings is 2. The van der Waals surface area contributed by atoms with Crippen LogP contribution in [-0.4, -0.2) is 41.2 Å². The lowest BCUT2D eigenvalue weighted by Crippen LogP contribution is -2.09. The Kier molecular flexibility index (Phi) is 5.85. The van der Waals surface area contributed by atoms with E-state index in [-0.39, 0.29) is 23.0 Å². The van der Waals surface area contributed by atoms with E-state index in [1.54, 1.807) is 18.3 Å². The van der Waals surface area contributed by atoms with Crippen LogP contribution in [0.5, 0.6) is 5.75 Å². The zero-order chi connectivity index (χ0) is 21.8. The van der Waals surface area contributed by atoms with Gasteiger partial charge in [-0.1, -0.05) is 23.4 Å². The molecule has 0 fully saturated rings. The van der Waals surface area contributed by atoms with E-state index in [4.69, 9.17) is 9.26 Å². The fourth-order valence-corrected chi connectivity index (χ4v) is 4.47. The standard InChI is InChI=1S/C22H22N4O4S/c1-3-26-20(11-13-23-26)16-5-4-6-17(15-16)22-24-21(30-25-22)12-14-31(27,28)19-9-7-18(29-2)8-10-19/h4-11,13,15H,3,12,14H2,1-2H3. The fourth-order valence-electron chi connectivity index (χ4n) is 3.24. The number of nitrogens with zero attached hydrogens (tertiary/aromatic N) is 4. The number of hydrogen-bond acceptors (Lipinski definition) is 7. The molecule has 0 atom stereocenters. The molecule has 8 nitrogen and oxygen atoms in total. The lowest BCUT2D eigenvalue weighted by molar-refractivity contribution is 0.382. The highest BCUT2D eigenvalue weighted by atomic mass is 32.2. The zero-order valence-electron chi connectivity index (χ0n) is 17.2. The van der Waals surface area contributed by atoms with Crippen molar-refractivity contribution in [3.8, 4) is 28.4 Å². The largest absolute Gasteiger partial charge is 0.497 e. The molecule has 4 aromatic rings. The van der Waals surface area contributed by atoms with Crippen LogP contribution in [0.1, 0.15) is 12.8 Å². The molecule has 160 valence electrons. The number of methoxy groups -OCH3 is 1. The van der Waals surface area contributed by atoms with Gasteiger partial charge in [0.15, 0.2) is 9.84 Å². The number of aryl methyl sites for hydroxylation is 2. The Morgan fingerprint density at radius 1 is 1.06 bits per heavy atom. The number of hydrogen-bond donors (Lipinski definition) is 0. The first-order valence-electron chi connectivity index (χ1n) is 9.82. The van der Waals surface area contributed by atoms with E-state index in [2.05, 4.69) is 15.2 Å². The highest BCUT2D eigenvalue weighted by Gasteiger charge is 2.18. The summed E-state index contributed by atoms with van der Waals surface area (Å²) in [7, 11) is -1.94. The summed E-state index contributed by atoms with van der Waals surface area (Å²) in [6, 6.07) is 16.0. The molecule has 2 aromatic heterocycles. The van der Waals surface area contributed by atoms with Crippen molar-refractivity contribution in [3.05, 3.63) is 66.7 Å². The Hall–Kier alpha value is -3.46. The maximum Gasteiger partial charge on any atom is 0.227 e. The van der Waals surface area contributed by atoms with E-state index in [1.165, 1.54) is 19.2 Å². The number of sulfone groups is 1. The predicted octanol–water partition coefficient (Wildman–Crippen LogP) is 3.65.